The molecule has 0 saturated carbocycles. The van der Waals surface area contributed by atoms with Crippen molar-refractivity contribution in [2.24, 2.45) is 0 Å². The van der Waals surface area contributed by atoms with Gasteiger partial charge in [-0.25, -0.2) is 4.98 Å². The van der Waals surface area contributed by atoms with Gasteiger partial charge in [-0.05, 0) is 26.0 Å². The molecule has 0 spiro atoms. The minimum atomic E-state index is 0.611. The molecule has 0 aliphatic carbocycles. The molecule has 0 amide bonds. The molecular weight excluding hydrogens is 228 g/mol. The van der Waals surface area contributed by atoms with Crippen molar-refractivity contribution in [2.45, 2.75) is 26.9 Å². The number of aryl methyl sites for hydroxylation is 1. The van der Waals surface area contributed by atoms with Gasteiger partial charge in [0.2, 0.25) is 5.88 Å². The van der Waals surface area contributed by atoms with E-state index in [2.05, 4.69) is 22.3 Å². The zero-order valence-electron chi connectivity index (χ0n) is 10.8. The summed E-state index contributed by atoms with van der Waals surface area (Å²) in [6.07, 6.45) is 5.63. The summed E-state index contributed by atoms with van der Waals surface area (Å²) in [5.74, 6) is 0.642. The Hall–Kier alpha value is -2.04. The number of hydrogen-bond donors (Lipinski definition) is 1. The van der Waals surface area contributed by atoms with Crippen LogP contribution in [0.25, 0.3) is 0 Å². The molecule has 0 saturated heterocycles. The zero-order chi connectivity index (χ0) is 12.8. The Morgan fingerprint density at radius 1 is 1.39 bits per heavy atom. The van der Waals surface area contributed by atoms with Crippen molar-refractivity contribution < 1.29 is 4.74 Å². The highest BCUT2D eigenvalue weighted by molar-refractivity contribution is 5.52. The predicted molar refractivity (Wildman–Crippen MR) is 70.6 cm³/mol. The number of aromatic nitrogens is 3. The van der Waals surface area contributed by atoms with Gasteiger partial charge < -0.3 is 10.1 Å². The van der Waals surface area contributed by atoms with E-state index in [9.17, 15) is 0 Å². The Morgan fingerprint density at radius 3 is 3.00 bits per heavy atom. The fourth-order valence-corrected chi connectivity index (χ4v) is 1.65. The van der Waals surface area contributed by atoms with E-state index in [1.165, 1.54) is 0 Å². The van der Waals surface area contributed by atoms with Crippen molar-refractivity contribution >= 4 is 5.69 Å². The van der Waals surface area contributed by atoms with Crippen molar-refractivity contribution in [3.05, 3.63) is 36.3 Å². The van der Waals surface area contributed by atoms with Crippen molar-refractivity contribution in [2.75, 3.05) is 11.9 Å². The summed E-state index contributed by atoms with van der Waals surface area (Å²) >= 11 is 0. The maximum Gasteiger partial charge on any atom is 0.237 e. The lowest BCUT2D eigenvalue weighted by atomic mass is 10.3. The number of pyridine rings is 1. The lowest BCUT2D eigenvalue weighted by Gasteiger charge is -2.09. The van der Waals surface area contributed by atoms with Gasteiger partial charge in [-0.15, -0.1) is 0 Å². The van der Waals surface area contributed by atoms with Gasteiger partial charge in [-0.1, -0.05) is 0 Å². The Labute approximate surface area is 107 Å². The molecule has 2 heterocycles. The standard InChI is InChI=1S/C13H18N4O/c1-3-17-10-11(9-16-17)8-15-12-6-5-7-14-13(12)18-4-2/h5-7,9-10,15H,3-4,8H2,1-2H3. The molecule has 0 radical (unpaired) electrons. The number of hydrogen-bond acceptors (Lipinski definition) is 4. The molecule has 0 aliphatic heterocycles. The first-order valence-electron chi connectivity index (χ1n) is 6.16. The number of nitrogens with one attached hydrogen (secondary N) is 1. The molecule has 2 rings (SSSR count). The molecular formula is C13H18N4O. The highest BCUT2D eigenvalue weighted by atomic mass is 16.5. The molecule has 0 bridgehead atoms. The van der Waals surface area contributed by atoms with Gasteiger partial charge in [0.15, 0.2) is 0 Å². The zero-order valence-corrected chi connectivity index (χ0v) is 10.8. The molecule has 2 aromatic heterocycles. The molecule has 0 fully saturated rings. The van der Waals surface area contributed by atoms with Gasteiger partial charge in [-0.3, -0.25) is 4.68 Å². The summed E-state index contributed by atoms with van der Waals surface area (Å²) in [7, 11) is 0. The van der Waals surface area contributed by atoms with Crippen LogP contribution in [0.4, 0.5) is 5.69 Å². The van der Waals surface area contributed by atoms with E-state index in [-0.39, 0.29) is 0 Å². The van der Waals surface area contributed by atoms with Crippen LogP contribution in [0.2, 0.25) is 0 Å². The molecule has 0 aromatic carbocycles. The molecule has 0 atom stereocenters. The second-order valence-electron chi connectivity index (χ2n) is 3.85. The molecule has 1 N–H and O–H groups in total. The normalized spacial score (nSPS) is 10.3. The van der Waals surface area contributed by atoms with E-state index in [4.69, 9.17) is 4.74 Å². The third kappa shape index (κ3) is 3.00. The second kappa shape index (κ2) is 6.05. The first-order valence-corrected chi connectivity index (χ1v) is 6.16. The Balaban J connectivity index is 2.01. The minimum absolute atomic E-state index is 0.611. The van der Waals surface area contributed by atoms with Crippen LogP contribution < -0.4 is 10.1 Å². The Kier molecular flexibility index (Phi) is 4.17. The Morgan fingerprint density at radius 2 is 2.28 bits per heavy atom. The topological polar surface area (TPSA) is 52.0 Å². The van der Waals surface area contributed by atoms with Crippen LogP contribution in [0.3, 0.4) is 0 Å². The summed E-state index contributed by atoms with van der Waals surface area (Å²) < 4.78 is 7.36. The van der Waals surface area contributed by atoms with Gasteiger partial charge in [-0.2, -0.15) is 5.10 Å². The minimum Gasteiger partial charge on any atom is -0.476 e. The summed E-state index contributed by atoms with van der Waals surface area (Å²) in [5.41, 5.74) is 2.05. The molecule has 5 heteroatoms. The number of ether oxygens (including phenoxy) is 1. The lowest BCUT2D eigenvalue weighted by Crippen LogP contribution is -2.03. The molecule has 5 nitrogen and oxygen atoms in total. The lowest BCUT2D eigenvalue weighted by molar-refractivity contribution is 0.328. The van der Waals surface area contributed by atoms with Gasteiger partial charge in [0, 0.05) is 31.0 Å². The van der Waals surface area contributed by atoms with Crippen molar-refractivity contribution in [1.29, 1.82) is 0 Å². The van der Waals surface area contributed by atoms with E-state index < -0.39 is 0 Å². The molecule has 0 aliphatic rings. The smallest absolute Gasteiger partial charge is 0.237 e. The van der Waals surface area contributed by atoms with Crippen LogP contribution in [0, 0.1) is 0 Å². The molecule has 18 heavy (non-hydrogen) atoms. The first-order chi connectivity index (χ1) is 8.83. The van der Waals surface area contributed by atoms with Crippen LogP contribution in [-0.4, -0.2) is 21.4 Å². The predicted octanol–water partition coefficient (Wildman–Crippen LogP) is 2.31. The van der Waals surface area contributed by atoms with Crippen LogP contribution in [0.1, 0.15) is 19.4 Å². The molecule has 0 unspecified atom stereocenters. The van der Waals surface area contributed by atoms with Gasteiger partial charge >= 0.3 is 0 Å². The average Bonchev–Trinajstić information content (AvgIpc) is 2.86. The van der Waals surface area contributed by atoms with E-state index in [1.807, 2.05) is 36.1 Å². The van der Waals surface area contributed by atoms with Crippen LogP contribution in [0.15, 0.2) is 30.7 Å². The quantitative estimate of drug-likeness (QED) is 0.849. The van der Waals surface area contributed by atoms with Crippen molar-refractivity contribution in [1.82, 2.24) is 14.8 Å². The number of nitrogens with zero attached hydrogens (tertiary/aromatic N) is 3. The van der Waals surface area contributed by atoms with E-state index in [1.54, 1.807) is 6.20 Å². The van der Waals surface area contributed by atoms with E-state index >= 15 is 0 Å². The highest BCUT2D eigenvalue weighted by Gasteiger charge is 2.04. The third-order valence-corrected chi connectivity index (χ3v) is 2.55. The van der Waals surface area contributed by atoms with E-state index in [0.29, 0.717) is 19.0 Å². The fourth-order valence-electron chi connectivity index (χ4n) is 1.65. The third-order valence-electron chi connectivity index (χ3n) is 2.55. The van der Waals surface area contributed by atoms with Crippen LogP contribution in [-0.2, 0) is 13.1 Å². The SMILES string of the molecule is CCOc1ncccc1NCc1cnn(CC)c1. The molecule has 96 valence electrons. The van der Waals surface area contributed by atoms with Gasteiger partial charge in [0.05, 0.1) is 18.5 Å². The summed E-state index contributed by atoms with van der Waals surface area (Å²) in [6, 6.07) is 3.85. The maximum atomic E-state index is 5.46. The van der Waals surface area contributed by atoms with Crippen molar-refractivity contribution in [3.63, 3.8) is 0 Å². The van der Waals surface area contributed by atoms with Crippen LogP contribution >= 0.6 is 0 Å². The van der Waals surface area contributed by atoms with E-state index in [0.717, 1.165) is 17.8 Å². The van der Waals surface area contributed by atoms with Gasteiger partial charge in [0.25, 0.3) is 0 Å². The van der Waals surface area contributed by atoms with Crippen LogP contribution in [0.5, 0.6) is 5.88 Å². The van der Waals surface area contributed by atoms with Crippen molar-refractivity contribution in [3.8, 4) is 5.88 Å². The number of anilines is 1. The highest BCUT2D eigenvalue weighted by Crippen LogP contribution is 2.21. The first kappa shape index (κ1) is 12.4. The summed E-state index contributed by atoms with van der Waals surface area (Å²) in [4.78, 5) is 4.20. The fraction of sp³-hybridized carbons (Fsp3) is 0.385. The number of rotatable bonds is 6. The second-order valence-corrected chi connectivity index (χ2v) is 3.85. The summed E-state index contributed by atoms with van der Waals surface area (Å²) in [6.45, 7) is 6.23. The van der Waals surface area contributed by atoms with Gasteiger partial charge in [0.1, 0.15) is 0 Å². The average molecular weight is 246 g/mol. The monoisotopic (exact) mass is 246 g/mol. The maximum absolute atomic E-state index is 5.46. The molecule has 2 aromatic rings. The summed E-state index contributed by atoms with van der Waals surface area (Å²) in [5, 5.41) is 7.55. The Bertz CT molecular complexity index is 495. The largest absolute Gasteiger partial charge is 0.476 e.